The lowest BCUT2D eigenvalue weighted by molar-refractivity contribution is -0.121. The number of hydrogen-bond donors (Lipinski definition) is 1. The average molecular weight is 186 g/mol. The van der Waals surface area contributed by atoms with Crippen LogP contribution in [0.5, 0.6) is 0 Å². The van der Waals surface area contributed by atoms with Gasteiger partial charge in [0.25, 0.3) is 0 Å². The van der Waals surface area contributed by atoms with Crippen molar-refractivity contribution >= 4 is 5.91 Å². The van der Waals surface area contributed by atoms with Crippen LogP contribution in [0.25, 0.3) is 0 Å². The highest BCUT2D eigenvalue weighted by Gasteiger charge is 2.28. The number of likely N-dealkylation sites (tertiary alicyclic amines) is 1. The monoisotopic (exact) mass is 186 g/mol. The average Bonchev–Trinajstić information content (AvgIpc) is 2.07. The number of hydrogen-bond acceptors (Lipinski definition) is 3. The summed E-state index contributed by atoms with van der Waals surface area (Å²) in [7, 11) is 3.75. The molecule has 4 nitrogen and oxygen atoms in total. The Hall–Kier alpha value is -0.610. The molecule has 4 heteroatoms. The first-order chi connectivity index (χ1) is 6.13. The Balaban J connectivity index is 2.47. The quantitative estimate of drug-likeness (QED) is 0.665. The minimum atomic E-state index is -0.225. The molecule has 1 saturated heterocycles. The lowest BCUT2D eigenvalue weighted by Crippen LogP contribution is -2.44. The second-order valence-electron chi connectivity index (χ2n) is 3.76. The molecule has 0 aromatic carbocycles. The van der Waals surface area contributed by atoms with Gasteiger partial charge in [0, 0.05) is 20.1 Å². The first-order valence-corrected chi connectivity index (χ1v) is 4.63. The largest absolute Gasteiger partial charge is 0.380 e. The third-order valence-electron chi connectivity index (χ3n) is 2.67. The Labute approximate surface area is 79.0 Å². The Morgan fingerprint density at radius 1 is 1.69 bits per heavy atom. The third kappa shape index (κ3) is 2.97. The number of primary amides is 1. The number of methoxy groups -OCH3 is 1. The normalized spacial score (nSPS) is 30.3. The van der Waals surface area contributed by atoms with Gasteiger partial charge in [-0.15, -0.1) is 0 Å². The van der Waals surface area contributed by atoms with Gasteiger partial charge in [0.15, 0.2) is 0 Å². The van der Waals surface area contributed by atoms with Crippen LogP contribution in [-0.4, -0.2) is 44.2 Å². The van der Waals surface area contributed by atoms with E-state index in [1.807, 2.05) is 0 Å². The molecule has 1 fully saturated rings. The van der Waals surface area contributed by atoms with E-state index in [2.05, 4.69) is 11.9 Å². The highest BCUT2D eigenvalue weighted by molar-refractivity contribution is 5.74. The lowest BCUT2D eigenvalue weighted by atomic mass is 9.91. The zero-order valence-corrected chi connectivity index (χ0v) is 8.32. The van der Waals surface area contributed by atoms with Gasteiger partial charge in [-0.2, -0.15) is 0 Å². The van der Waals surface area contributed by atoms with Gasteiger partial charge in [-0.25, -0.2) is 0 Å². The van der Waals surface area contributed by atoms with Crippen LogP contribution in [0.3, 0.4) is 0 Å². The van der Waals surface area contributed by atoms with E-state index in [4.69, 9.17) is 10.5 Å². The van der Waals surface area contributed by atoms with Crippen LogP contribution in [0.2, 0.25) is 0 Å². The number of nitrogens with two attached hydrogens (primary N) is 1. The second-order valence-corrected chi connectivity index (χ2v) is 3.76. The van der Waals surface area contributed by atoms with E-state index in [1.165, 1.54) is 0 Å². The van der Waals surface area contributed by atoms with Crippen molar-refractivity contribution in [3.8, 4) is 0 Å². The van der Waals surface area contributed by atoms with Crippen molar-refractivity contribution in [3.63, 3.8) is 0 Å². The number of carbonyl (C=O) groups is 1. The van der Waals surface area contributed by atoms with Crippen LogP contribution in [0.15, 0.2) is 0 Å². The van der Waals surface area contributed by atoms with E-state index in [9.17, 15) is 4.79 Å². The molecule has 76 valence electrons. The zero-order valence-electron chi connectivity index (χ0n) is 8.32. The van der Waals surface area contributed by atoms with Crippen LogP contribution in [0, 0.1) is 5.92 Å². The minimum absolute atomic E-state index is 0.159. The van der Waals surface area contributed by atoms with E-state index >= 15 is 0 Å². The molecule has 0 aromatic heterocycles. The number of piperidine rings is 1. The molecule has 1 amide bonds. The number of amides is 1. The van der Waals surface area contributed by atoms with Crippen molar-refractivity contribution in [1.29, 1.82) is 0 Å². The third-order valence-corrected chi connectivity index (χ3v) is 2.67. The number of nitrogens with zero attached hydrogens (tertiary/aromatic N) is 1. The van der Waals surface area contributed by atoms with Gasteiger partial charge in [-0.1, -0.05) is 0 Å². The zero-order chi connectivity index (χ0) is 9.84. The van der Waals surface area contributed by atoms with Crippen LogP contribution in [-0.2, 0) is 9.53 Å². The molecule has 0 radical (unpaired) electrons. The summed E-state index contributed by atoms with van der Waals surface area (Å²) in [4.78, 5) is 13.0. The Bertz CT molecular complexity index is 184. The van der Waals surface area contributed by atoms with Crippen LogP contribution >= 0.6 is 0 Å². The first-order valence-electron chi connectivity index (χ1n) is 4.63. The van der Waals surface area contributed by atoms with Crippen molar-refractivity contribution in [3.05, 3.63) is 0 Å². The highest BCUT2D eigenvalue weighted by Crippen LogP contribution is 2.21. The maximum absolute atomic E-state index is 10.8. The molecular weight excluding hydrogens is 168 g/mol. The van der Waals surface area contributed by atoms with Gasteiger partial charge >= 0.3 is 0 Å². The maximum atomic E-state index is 10.8. The summed E-state index contributed by atoms with van der Waals surface area (Å²) in [5, 5.41) is 0. The van der Waals surface area contributed by atoms with E-state index < -0.39 is 0 Å². The molecule has 1 aliphatic heterocycles. The summed E-state index contributed by atoms with van der Waals surface area (Å²) < 4.78 is 5.33. The topological polar surface area (TPSA) is 55.6 Å². The molecule has 1 rings (SSSR count). The Morgan fingerprint density at radius 2 is 2.38 bits per heavy atom. The fraction of sp³-hybridized carbons (Fsp3) is 0.889. The molecule has 0 bridgehead atoms. The number of carbonyl (C=O) groups excluding carboxylic acids is 1. The number of ether oxygens (including phenoxy) is 1. The van der Waals surface area contributed by atoms with Gasteiger partial charge in [0.05, 0.1) is 6.10 Å². The number of likely N-dealkylation sites (N-methyl/N-ethyl adjacent to an activating group) is 1. The minimum Gasteiger partial charge on any atom is -0.380 e. The molecule has 0 spiro atoms. The predicted octanol–water partition coefficient (Wildman–Crippen LogP) is -0.171. The summed E-state index contributed by atoms with van der Waals surface area (Å²) in [6.07, 6.45) is 1.61. The van der Waals surface area contributed by atoms with Crippen molar-refractivity contribution in [2.24, 2.45) is 11.7 Å². The van der Waals surface area contributed by atoms with E-state index in [-0.39, 0.29) is 12.0 Å². The summed E-state index contributed by atoms with van der Waals surface area (Å²) in [6.45, 7) is 1.92. The first kappa shape index (κ1) is 10.5. The fourth-order valence-corrected chi connectivity index (χ4v) is 1.88. The van der Waals surface area contributed by atoms with Crippen LogP contribution in [0.1, 0.15) is 12.8 Å². The van der Waals surface area contributed by atoms with Gasteiger partial charge < -0.3 is 15.4 Å². The van der Waals surface area contributed by atoms with Gasteiger partial charge in [-0.05, 0) is 25.9 Å². The smallest absolute Gasteiger partial charge is 0.217 e. The molecule has 13 heavy (non-hydrogen) atoms. The molecule has 2 N–H and O–H groups in total. The Kier molecular flexibility index (Phi) is 3.69. The van der Waals surface area contributed by atoms with E-state index in [0.717, 1.165) is 19.5 Å². The maximum Gasteiger partial charge on any atom is 0.217 e. The molecule has 1 aliphatic rings. The molecule has 2 atom stereocenters. The summed E-state index contributed by atoms with van der Waals surface area (Å²) in [5.74, 6) is 0.0790. The molecular formula is C9H18N2O2. The van der Waals surface area contributed by atoms with Crippen LogP contribution in [0.4, 0.5) is 0 Å². The lowest BCUT2D eigenvalue weighted by Gasteiger charge is -2.35. The number of rotatable bonds is 3. The second kappa shape index (κ2) is 4.58. The van der Waals surface area contributed by atoms with Gasteiger partial charge in [0.1, 0.15) is 0 Å². The van der Waals surface area contributed by atoms with Gasteiger partial charge in [0.2, 0.25) is 5.91 Å². The van der Waals surface area contributed by atoms with E-state index in [1.54, 1.807) is 7.11 Å². The van der Waals surface area contributed by atoms with Crippen LogP contribution < -0.4 is 5.73 Å². The Morgan fingerprint density at radius 3 is 2.92 bits per heavy atom. The summed E-state index contributed by atoms with van der Waals surface area (Å²) >= 11 is 0. The summed E-state index contributed by atoms with van der Waals surface area (Å²) in [6, 6.07) is 0. The predicted molar refractivity (Wildman–Crippen MR) is 50.2 cm³/mol. The standard InChI is InChI=1S/C9H18N2O2/c1-11-4-3-7(5-9(10)12)8(6-11)13-2/h7-8H,3-6H2,1-2H3,(H2,10,12). The summed E-state index contributed by atoms with van der Waals surface area (Å²) in [5.41, 5.74) is 5.17. The van der Waals surface area contributed by atoms with E-state index in [0.29, 0.717) is 12.3 Å². The molecule has 0 aliphatic carbocycles. The molecule has 1 heterocycles. The highest BCUT2D eigenvalue weighted by atomic mass is 16.5. The van der Waals surface area contributed by atoms with Crippen molar-refractivity contribution in [2.45, 2.75) is 18.9 Å². The SMILES string of the molecule is COC1CN(C)CCC1CC(N)=O. The van der Waals surface area contributed by atoms with Crippen molar-refractivity contribution in [2.75, 3.05) is 27.2 Å². The molecule has 2 unspecified atom stereocenters. The molecule has 0 saturated carbocycles. The molecule has 0 aromatic rings. The fourth-order valence-electron chi connectivity index (χ4n) is 1.88. The van der Waals surface area contributed by atoms with Crippen molar-refractivity contribution in [1.82, 2.24) is 4.90 Å². The van der Waals surface area contributed by atoms with Gasteiger partial charge in [-0.3, -0.25) is 4.79 Å². The van der Waals surface area contributed by atoms with Crippen molar-refractivity contribution < 1.29 is 9.53 Å².